The van der Waals surface area contributed by atoms with Gasteiger partial charge in [0.2, 0.25) is 5.91 Å². The van der Waals surface area contributed by atoms with Crippen LogP contribution < -0.4 is 10.6 Å². The molecule has 5 aromatic rings. The van der Waals surface area contributed by atoms with Gasteiger partial charge in [-0.05, 0) is 37.3 Å². The number of methoxy groups -OCH3 is 1. The molecule has 1 aliphatic rings. The standard InChI is InChI=1S/C33H39N7O4S.ClH/c1-5-12-34-18-29-35-17-23(37-29)27-15-26-28(45-27)14-25(44-26)21-10-8-20(9-11-21)22-16-36-31(38-22)24-7-6-13-40(24)32(41)30(19(2)3)39-33(42)43-4;/h8-11,14-17,19,24,30,34H,5-7,12-13,18H2,1-4H3,(H,35,37)(H,36,38)(H,39,42);1H. The smallest absolute Gasteiger partial charge is 0.407 e. The summed E-state index contributed by atoms with van der Waals surface area (Å²) in [5.41, 5.74) is 4.69. The molecule has 0 bridgehead atoms. The number of nitrogens with zero attached hydrogens (tertiary/aromatic N) is 3. The molecule has 0 radical (unpaired) electrons. The van der Waals surface area contributed by atoms with Crippen molar-refractivity contribution in [2.45, 2.75) is 58.7 Å². The van der Waals surface area contributed by atoms with Crippen LogP contribution >= 0.6 is 23.7 Å². The van der Waals surface area contributed by atoms with E-state index < -0.39 is 12.1 Å². The second-order valence-corrected chi connectivity index (χ2v) is 12.8. The third-order valence-corrected chi connectivity index (χ3v) is 9.24. The van der Waals surface area contributed by atoms with E-state index in [1.807, 2.05) is 55.4 Å². The molecule has 2 atom stereocenters. The second kappa shape index (κ2) is 14.5. The van der Waals surface area contributed by atoms with E-state index in [9.17, 15) is 9.59 Å². The van der Waals surface area contributed by atoms with Gasteiger partial charge in [0, 0.05) is 24.2 Å². The molecule has 1 aromatic carbocycles. The molecule has 0 aliphatic carbocycles. The summed E-state index contributed by atoms with van der Waals surface area (Å²) in [7, 11) is 1.30. The third kappa shape index (κ3) is 6.98. The lowest BCUT2D eigenvalue weighted by molar-refractivity contribution is -0.135. The highest BCUT2D eigenvalue weighted by Crippen LogP contribution is 2.38. The highest BCUT2D eigenvalue weighted by Gasteiger charge is 2.37. The molecule has 1 saturated heterocycles. The van der Waals surface area contributed by atoms with Gasteiger partial charge in [-0.15, -0.1) is 23.7 Å². The maximum Gasteiger partial charge on any atom is 0.407 e. The van der Waals surface area contributed by atoms with Crippen molar-refractivity contribution in [3.63, 3.8) is 0 Å². The minimum Gasteiger partial charge on any atom is -0.455 e. The molecule has 244 valence electrons. The van der Waals surface area contributed by atoms with Crippen LogP contribution in [0.15, 0.2) is 53.2 Å². The Morgan fingerprint density at radius 1 is 1.11 bits per heavy atom. The highest BCUT2D eigenvalue weighted by molar-refractivity contribution is 7.22. The lowest BCUT2D eigenvalue weighted by Gasteiger charge is -2.30. The fraction of sp³-hybridized carbons (Fsp3) is 0.394. The first kappa shape index (κ1) is 33.2. The number of aromatic amines is 2. The van der Waals surface area contributed by atoms with Crippen LogP contribution in [0.3, 0.4) is 0 Å². The summed E-state index contributed by atoms with van der Waals surface area (Å²) in [5, 5.41) is 6.06. The molecule has 2 amide bonds. The fourth-order valence-electron chi connectivity index (χ4n) is 5.73. The van der Waals surface area contributed by atoms with Crippen LogP contribution in [0.25, 0.3) is 43.4 Å². The van der Waals surface area contributed by atoms with Crippen LogP contribution in [0.5, 0.6) is 0 Å². The number of thiophene rings is 1. The maximum atomic E-state index is 13.5. The number of likely N-dealkylation sites (tertiary alicyclic amines) is 1. The quantitative estimate of drug-likeness (QED) is 0.112. The SMILES string of the molecule is CCCNCc1ncc(-c2cc3oc(-c4ccc(-c5cnc(C6CCCN6C(=O)C(NC(=O)OC)C(C)C)[nH]5)cc4)cc3s2)[nH]1.Cl. The Morgan fingerprint density at radius 3 is 2.59 bits per heavy atom. The van der Waals surface area contributed by atoms with Gasteiger partial charge in [-0.2, -0.15) is 0 Å². The van der Waals surface area contributed by atoms with Crippen LogP contribution in [0.2, 0.25) is 0 Å². The van der Waals surface area contributed by atoms with E-state index >= 15 is 0 Å². The van der Waals surface area contributed by atoms with Gasteiger partial charge >= 0.3 is 6.09 Å². The molecule has 4 aromatic heterocycles. The Bertz CT molecular complexity index is 1740. The number of hydrogen-bond acceptors (Lipinski definition) is 8. The van der Waals surface area contributed by atoms with Gasteiger partial charge in [0.15, 0.2) is 0 Å². The molecule has 1 aliphatic heterocycles. The van der Waals surface area contributed by atoms with Crippen molar-refractivity contribution in [1.29, 1.82) is 0 Å². The molecule has 5 heterocycles. The van der Waals surface area contributed by atoms with Gasteiger partial charge in [-0.3, -0.25) is 4.79 Å². The van der Waals surface area contributed by atoms with Crippen LogP contribution in [-0.4, -0.2) is 63.1 Å². The number of hydrogen-bond donors (Lipinski definition) is 4. The van der Waals surface area contributed by atoms with Gasteiger partial charge in [-0.1, -0.05) is 45.0 Å². The third-order valence-electron chi connectivity index (χ3n) is 8.14. The number of H-pyrrole nitrogens is 2. The first-order valence-corrected chi connectivity index (χ1v) is 16.2. The Balaban J connectivity index is 0.00000417. The number of carbonyl (C=O) groups excluding carboxylic acids is 2. The van der Waals surface area contributed by atoms with Crippen LogP contribution in [0.4, 0.5) is 4.79 Å². The first-order chi connectivity index (χ1) is 21.8. The number of benzene rings is 1. The molecule has 0 saturated carbocycles. The predicted octanol–water partition coefficient (Wildman–Crippen LogP) is 6.91. The zero-order valence-electron chi connectivity index (χ0n) is 26.4. The zero-order chi connectivity index (χ0) is 31.5. The van der Waals surface area contributed by atoms with Crippen molar-refractivity contribution in [2.75, 3.05) is 20.2 Å². The number of rotatable bonds is 11. The second-order valence-electron chi connectivity index (χ2n) is 11.7. The average Bonchev–Trinajstić information content (AvgIpc) is 3.86. The molecule has 13 heteroatoms. The number of fused-ring (bicyclic) bond motifs is 1. The number of amides is 2. The molecule has 6 rings (SSSR count). The van der Waals surface area contributed by atoms with Crippen molar-refractivity contribution < 1.29 is 18.7 Å². The molecule has 1 fully saturated rings. The van der Waals surface area contributed by atoms with Crippen molar-refractivity contribution in [3.05, 3.63) is 60.4 Å². The summed E-state index contributed by atoms with van der Waals surface area (Å²) < 4.78 is 12.1. The maximum absolute atomic E-state index is 13.5. The minimum atomic E-state index is -0.667. The largest absolute Gasteiger partial charge is 0.455 e. The van der Waals surface area contributed by atoms with Gasteiger partial charge in [0.25, 0.3) is 0 Å². The lowest BCUT2D eigenvalue weighted by Crippen LogP contribution is -2.51. The van der Waals surface area contributed by atoms with Gasteiger partial charge in [0.05, 0.1) is 53.1 Å². The summed E-state index contributed by atoms with van der Waals surface area (Å²) >= 11 is 1.68. The first-order valence-electron chi connectivity index (χ1n) is 15.4. The van der Waals surface area contributed by atoms with Crippen molar-refractivity contribution >= 4 is 46.0 Å². The Hall–Kier alpha value is -4.13. The van der Waals surface area contributed by atoms with E-state index in [2.05, 4.69) is 49.6 Å². The average molecular weight is 666 g/mol. The Kier molecular flexibility index (Phi) is 10.5. The van der Waals surface area contributed by atoms with Crippen LogP contribution in [0.1, 0.15) is 57.7 Å². The molecule has 2 unspecified atom stereocenters. The number of alkyl carbamates (subject to hydrolysis) is 1. The van der Waals surface area contributed by atoms with Gasteiger partial charge in [-0.25, -0.2) is 14.8 Å². The number of carbonyl (C=O) groups is 2. The number of imidazole rings is 2. The summed E-state index contributed by atoms with van der Waals surface area (Å²) in [4.78, 5) is 44.2. The molecule has 46 heavy (non-hydrogen) atoms. The molecule has 0 spiro atoms. The van der Waals surface area contributed by atoms with Gasteiger partial charge < -0.3 is 34.7 Å². The number of ether oxygens (including phenoxy) is 1. The number of halogens is 1. The minimum absolute atomic E-state index is 0. The van der Waals surface area contributed by atoms with Crippen molar-refractivity contribution in [1.82, 2.24) is 35.5 Å². The monoisotopic (exact) mass is 665 g/mol. The van der Waals surface area contributed by atoms with E-state index in [1.54, 1.807) is 11.3 Å². The Labute approximate surface area is 277 Å². The number of aromatic nitrogens is 4. The molecule has 11 nitrogen and oxygen atoms in total. The summed E-state index contributed by atoms with van der Waals surface area (Å²) in [6, 6.07) is 11.5. The topological polar surface area (TPSA) is 141 Å². The number of nitrogens with one attached hydrogen (secondary N) is 4. The van der Waals surface area contributed by atoms with E-state index in [1.165, 1.54) is 7.11 Å². The highest BCUT2D eigenvalue weighted by atomic mass is 35.5. The summed E-state index contributed by atoms with van der Waals surface area (Å²) in [6.45, 7) is 8.27. The molecular formula is C33H40ClN7O4S. The van der Waals surface area contributed by atoms with Crippen molar-refractivity contribution in [2.24, 2.45) is 5.92 Å². The predicted molar refractivity (Wildman–Crippen MR) is 182 cm³/mol. The van der Waals surface area contributed by atoms with Gasteiger partial charge in [0.1, 0.15) is 29.0 Å². The fourth-order valence-corrected chi connectivity index (χ4v) is 6.72. The summed E-state index contributed by atoms with van der Waals surface area (Å²) in [5.74, 6) is 2.27. The van der Waals surface area contributed by atoms with Crippen LogP contribution in [0, 0.1) is 5.92 Å². The normalized spacial score (nSPS) is 15.3. The Morgan fingerprint density at radius 2 is 1.87 bits per heavy atom. The summed E-state index contributed by atoms with van der Waals surface area (Å²) in [6.07, 6.45) is 5.83. The van der Waals surface area contributed by atoms with E-state index in [4.69, 9.17) is 9.15 Å². The number of furan rings is 1. The van der Waals surface area contributed by atoms with Crippen molar-refractivity contribution in [3.8, 4) is 33.2 Å². The lowest BCUT2D eigenvalue weighted by atomic mass is 10.0. The van der Waals surface area contributed by atoms with E-state index in [-0.39, 0.29) is 30.3 Å². The van der Waals surface area contributed by atoms with E-state index in [0.29, 0.717) is 6.54 Å². The zero-order valence-corrected chi connectivity index (χ0v) is 28.0. The van der Waals surface area contributed by atoms with E-state index in [0.717, 1.165) is 87.4 Å². The molecular weight excluding hydrogens is 626 g/mol. The van der Waals surface area contributed by atoms with Crippen LogP contribution in [-0.2, 0) is 16.1 Å². The molecule has 4 N–H and O–H groups in total.